The number of carbonyl (C=O) groups excluding carboxylic acids is 1. The number of rotatable bonds is 11. The molecule has 3 nitrogen and oxygen atoms in total. The third kappa shape index (κ3) is 9.33. The number of likely N-dealkylation sites (tertiary alicyclic amines) is 1. The molecular weight excluding hydrogens is 256 g/mol. The number of nitrogens with zero attached hydrogens (tertiary/aromatic N) is 1. The van der Waals surface area contributed by atoms with Gasteiger partial charge >= 0.3 is 0 Å². The van der Waals surface area contributed by atoms with Gasteiger partial charge in [-0.1, -0.05) is 25.7 Å². The van der Waals surface area contributed by atoms with E-state index in [1.54, 1.807) is 0 Å². The van der Waals surface area contributed by atoms with Gasteiger partial charge in [0.2, 0.25) is 5.91 Å². The smallest absolute Gasteiger partial charge is 0.220 e. The third-order valence-corrected chi connectivity index (χ3v) is 4.08. The van der Waals surface area contributed by atoms with Crippen molar-refractivity contribution < 1.29 is 4.79 Å². The van der Waals surface area contributed by atoms with Gasteiger partial charge in [-0.15, -0.1) is 0 Å². The first kappa shape index (κ1) is 16.8. The van der Waals surface area contributed by atoms with Crippen LogP contribution >= 0.6 is 12.6 Å². The van der Waals surface area contributed by atoms with Crippen molar-refractivity contribution in [3.8, 4) is 0 Å². The molecule has 1 fully saturated rings. The largest absolute Gasteiger partial charge is 0.355 e. The molecule has 0 aliphatic carbocycles. The zero-order valence-corrected chi connectivity index (χ0v) is 13.1. The van der Waals surface area contributed by atoms with Gasteiger partial charge in [0.1, 0.15) is 0 Å². The fraction of sp³-hybridized carbons (Fsp3) is 0.933. The van der Waals surface area contributed by atoms with Gasteiger partial charge in [0.15, 0.2) is 0 Å². The van der Waals surface area contributed by atoms with Crippen molar-refractivity contribution in [2.45, 2.75) is 57.8 Å². The van der Waals surface area contributed by atoms with E-state index in [9.17, 15) is 4.79 Å². The van der Waals surface area contributed by atoms with Crippen molar-refractivity contribution in [2.24, 2.45) is 0 Å². The van der Waals surface area contributed by atoms with Crippen molar-refractivity contribution in [1.29, 1.82) is 0 Å². The fourth-order valence-corrected chi connectivity index (χ4v) is 2.78. The minimum Gasteiger partial charge on any atom is -0.355 e. The van der Waals surface area contributed by atoms with Crippen molar-refractivity contribution in [1.82, 2.24) is 10.2 Å². The zero-order chi connectivity index (χ0) is 13.8. The van der Waals surface area contributed by atoms with Crippen LogP contribution in [0.4, 0.5) is 0 Å². The molecule has 0 atom stereocenters. The molecule has 1 N–H and O–H groups in total. The lowest BCUT2D eigenvalue weighted by atomic mass is 10.1. The maximum Gasteiger partial charge on any atom is 0.220 e. The first-order valence-corrected chi connectivity index (χ1v) is 8.56. The van der Waals surface area contributed by atoms with Crippen LogP contribution in [0.1, 0.15) is 57.8 Å². The summed E-state index contributed by atoms with van der Waals surface area (Å²) in [6.45, 7) is 4.26. The van der Waals surface area contributed by atoms with Gasteiger partial charge in [0, 0.05) is 19.5 Å². The van der Waals surface area contributed by atoms with E-state index in [1.165, 1.54) is 58.0 Å². The molecule has 0 radical (unpaired) electrons. The van der Waals surface area contributed by atoms with E-state index in [1.807, 2.05) is 0 Å². The Kier molecular flexibility index (Phi) is 10.3. The van der Waals surface area contributed by atoms with E-state index in [0.717, 1.165) is 25.3 Å². The van der Waals surface area contributed by atoms with Crippen molar-refractivity contribution in [2.75, 3.05) is 31.9 Å². The molecular formula is C15H30N2OS. The zero-order valence-electron chi connectivity index (χ0n) is 12.2. The molecule has 1 saturated heterocycles. The maximum absolute atomic E-state index is 11.6. The van der Waals surface area contributed by atoms with E-state index in [4.69, 9.17) is 0 Å². The standard InChI is InChI=1S/C15H30N2OS/c18-15(9-5-3-1-2-4-8-14-19)16-10-13-17-11-6-7-12-17/h19H,1-14H2,(H,16,18). The molecule has 0 spiro atoms. The molecule has 0 aromatic heterocycles. The average molecular weight is 286 g/mol. The molecule has 1 aliphatic rings. The van der Waals surface area contributed by atoms with Crippen LogP contribution in [0.3, 0.4) is 0 Å². The highest BCUT2D eigenvalue weighted by Gasteiger charge is 2.10. The van der Waals surface area contributed by atoms with Gasteiger partial charge in [-0.05, 0) is 44.5 Å². The van der Waals surface area contributed by atoms with Gasteiger partial charge in [0.05, 0.1) is 0 Å². The molecule has 0 aromatic rings. The Morgan fingerprint density at radius 1 is 1.00 bits per heavy atom. The highest BCUT2D eigenvalue weighted by molar-refractivity contribution is 7.80. The molecule has 0 saturated carbocycles. The number of thiol groups is 1. The van der Waals surface area contributed by atoms with Crippen molar-refractivity contribution >= 4 is 18.5 Å². The molecule has 1 aliphatic heterocycles. The Morgan fingerprint density at radius 3 is 2.32 bits per heavy atom. The van der Waals surface area contributed by atoms with Crippen molar-refractivity contribution in [3.63, 3.8) is 0 Å². The van der Waals surface area contributed by atoms with Crippen LogP contribution in [0.15, 0.2) is 0 Å². The van der Waals surface area contributed by atoms with E-state index in [-0.39, 0.29) is 5.91 Å². The average Bonchev–Trinajstić information content (AvgIpc) is 2.91. The quantitative estimate of drug-likeness (QED) is 0.452. The summed E-state index contributed by atoms with van der Waals surface area (Å²) < 4.78 is 0. The Balaban J connectivity index is 1.82. The summed E-state index contributed by atoms with van der Waals surface area (Å²) in [4.78, 5) is 14.0. The summed E-state index contributed by atoms with van der Waals surface area (Å²) >= 11 is 4.20. The Morgan fingerprint density at radius 2 is 1.63 bits per heavy atom. The van der Waals surface area contributed by atoms with E-state index < -0.39 is 0 Å². The van der Waals surface area contributed by atoms with E-state index >= 15 is 0 Å². The third-order valence-electron chi connectivity index (χ3n) is 3.76. The van der Waals surface area contributed by atoms with Gasteiger partial charge in [-0.25, -0.2) is 0 Å². The summed E-state index contributed by atoms with van der Waals surface area (Å²) in [5, 5.41) is 3.03. The van der Waals surface area contributed by atoms with Crippen LogP contribution in [0, 0.1) is 0 Å². The normalized spacial score (nSPS) is 15.8. The second-order valence-corrected chi connectivity index (χ2v) is 5.94. The molecule has 19 heavy (non-hydrogen) atoms. The number of amides is 1. The molecule has 0 unspecified atom stereocenters. The van der Waals surface area contributed by atoms with Gasteiger partial charge in [0.25, 0.3) is 0 Å². The number of hydrogen-bond donors (Lipinski definition) is 2. The second-order valence-electron chi connectivity index (χ2n) is 5.49. The Labute approximate surface area is 123 Å². The summed E-state index contributed by atoms with van der Waals surface area (Å²) in [5.74, 6) is 1.23. The predicted octanol–water partition coefficient (Wildman–Crippen LogP) is 2.86. The Hall–Kier alpha value is -0.220. The first-order chi connectivity index (χ1) is 9.33. The minimum atomic E-state index is 0.231. The van der Waals surface area contributed by atoms with Gasteiger partial charge in [-0.3, -0.25) is 4.79 Å². The summed E-state index contributed by atoms with van der Waals surface area (Å²) in [7, 11) is 0. The van der Waals surface area contributed by atoms with Crippen LogP contribution in [0.25, 0.3) is 0 Å². The second kappa shape index (κ2) is 11.6. The lowest BCUT2D eigenvalue weighted by Gasteiger charge is -2.14. The van der Waals surface area contributed by atoms with E-state index in [0.29, 0.717) is 6.42 Å². The lowest BCUT2D eigenvalue weighted by molar-refractivity contribution is -0.121. The highest BCUT2D eigenvalue weighted by atomic mass is 32.1. The molecule has 0 aromatic carbocycles. The predicted molar refractivity (Wildman–Crippen MR) is 84.9 cm³/mol. The van der Waals surface area contributed by atoms with Crippen LogP contribution in [0.5, 0.6) is 0 Å². The number of hydrogen-bond acceptors (Lipinski definition) is 3. The highest BCUT2D eigenvalue weighted by Crippen LogP contribution is 2.08. The Bertz CT molecular complexity index is 230. The van der Waals surface area contributed by atoms with Crippen LogP contribution < -0.4 is 5.32 Å². The summed E-state index contributed by atoms with van der Waals surface area (Å²) in [6, 6.07) is 0. The molecule has 4 heteroatoms. The molecule has 1 rings (SSSR count). The molecule has 112 valence electrons. The van der Waals surface area contributed by atoms with Gasteiger partial charge in [-0.2, -0.15) is 12.6 Å². The lowest BCUT2D eigenvalue weighted by Crippen LogP contribution is -2.33. The minimum absolute atomic E-state index is 0.231. The van der Waals surface area contributed by atoms with E-state index in [2.05, 4.69) is 22.8 Å². The number of carbonyl (C=O) groups is 1. The van der Waals surface area contributed by atoms with Crippen LogP contribution in [0.2, 0.25) is 0 Å². The van der Waals surface area contributed by atoms with Crippen LogP contribution in [-0.4, -0.2) is 42.7 Å². The molecule has 1 heterocycles. The topological polar surface area (TPSA) is 32.3 Å². The number of unbranched alkanes of at least 4 members (excludes halogenated alkanes) is 5. The fourth-order valence-electron chi connectivity index (χ4n) is 2.55. The molecule has 0 bridgehead atoms. The molecule has 1 amide bonds. The van der Waals surface area contributed by atoms with Crippen LogP contribution in [-0.2, 0) is 4.79 Å². The maximum atomic E-state index is 11.6. The van der Waals surface area contributed by atoms with Crippen molar-refractivity contribution in [3.05, 3.63) is 0 Å². The summed E-state index contributed by atoms with van der Waals surface area (Å²) in [6.07, 6.45) is 10.6. The first-order valence-electron chi connectivity index (χ1n) is 7.93. The summed E-state index contributed by atoms with van der Waals surface area (Å²) in [5.41, 5.74) is 0. The monoisotopic (exact) mass is 286 g/mol. The van der Waals surface area contributed by atoms with Gasteiger partial charge < -0.3 is 10.2 Å². The number of nitrogens with one attached hydrogen (secondary N) is 1. The SMILES string of the molecule is O=C(CCCCCCCCS)NCCN1CCCC1.